The lowest BCUT2D eigenvalue weighted by atomic mass is 9.86. The van der Waals surface area contributed by atoms with Crippen molar-refractivity contribution in [1.82, 2.24) is 5.32 Å². The Hall–Kier alpha value is -0.870. The first-order valence-electron chi connectivity index (χ1n) is 5.02. The zero-order valence-electron chi connectivity index (χ0n) is 8.27. The summed E-state index contributed by atoms with van der Waals surface area (Å²) in [6, 6.07) is 0. The van der Waals surface area contributed by atoms with E-state index in [1.807, 2.05) is 13.1 Å². The van der Waals surface area contributed by atoms with Crippen molar-refractivity contribution < 1.29 is 10.2 Å². The number of rotatable bonds is 1. The van der Waals surface area contributed by atoms with Crippen LogP contribution in [0.2, 0.25) is 0 Å². The van der Waals surface area contributed by atoms with Crippen molar-refractivity contribution in [3.8, 4) is 0 Å². The van der Waals surface area contributed by atoms with Crippen molar-refractivity contribution in [3.63, 3.8) is 0 Å². The molecular formula is C10H16N2O2. The summed E-state index contributed by atoms with van der Waals surface area (Å²) in [7, 11) is 0. The van der Waals surface area contributed by atoms with Crippen molar-refractivity contribution in [2.45, 2.75) is 38.6 Å². The highest BCUT2D eigenvalue weighted by atomic mass is 16.5. The molecule has 0 fully saturated rings. The molecule has 3 N–H and O–H groups in total. The molecule has 2 heterocycles. The number of hydrogen-bond acceptors (Lipinski definition) is 4. The van der Waals surface area contributed by atoms with Crippen LogP contribution in [0.5, 0.6) is 0 Å². The normalized spacial score (nSPS) is 31.7. The maximum Gasteiger partial charge on any atom is 0.176 e. The summed E-state index contributed by atoms with van der Waals surface area (Å²) in [5.74, 6) is 0.417. The average molecular weight is 196 g/mol. The number of nitrogens with zero attached hydrogens (tertiary/aromatic N) is 1. The van der Waals surface area contributed by atoms with E-state index in [0.29, 0.717) is 11.5 Å². The van der Waals surface area contributed by atoms with Gasteiger partial charge >= 0.3 is 0 Å². The summed E-state index contributed by atoms with van der Waals surface area (Å²) in [6.07, 6.45) is 3.59. The molecule has 0 amide bonds. The predicted molar refractivity (Wildman–Crippen MR) is 53.7 cm³/mol. The number of aliphatic imine (C=N–C) groups is 1. The number of aliphatic hydroxyl groups is 2. The summed E-state index contributed by atoms with van der Waals surface area (Å²) in [5, 5.41) is 21.5. The average Bonchev–Trinajstić information content (AvgIpc) is 2.16. The summed E-state index contributed by atoms with van der Waals surface area (Å²) < 4.78 is 0. The second-order valence-electron chi connectivity index (χ2n) is 3.99. The zero-order valence-corrected chi connectivity index (χ0v) is 8.27. The third-order valence-electron chi connectivity index (χ3n) is 3.02. The van der Waals surface area contributed by atoms with Gasteiger partial charge in [0.25, 0.3) is 0 Å². The van der Waals surface area contributed by atoms with Crippen LogP contribution in [-0.2, 0) is 0 Å². The van der Waals surface area contributed by atoms with Crippen LogP contribution < -0.4 is 5.32 Å². The van der Waals surface area contributed by atoms with Gasteiger partial charge in [0.1, 0.15) is 6.17 Å². The van der Waals surface area contributed by atoms with Crippen LogP contribution in [0.3, 0.4) is 0 Å². The number of aliphatic hydroxyl groups excluding tert-OH is 1. The first-order valence-corrected chi connectivity index (χ1v) is 5.02. The van der Waals surface area contributed by atoms with E-state index in [1.165, 1.54) is 0 Å². The van der Waals surface area contributed by atoms with Crippen molar-refractivity contribution in [1.29, 1.82) is 0 Å². The molecule has 2 unspecified atom stereocenters. The Morgan fingerprint density at radius 3 is 3.07 bits per heavy atom. The maximum absolute atomic E-state index is 9.16. The fourth-order valence-electron chi connectivity index (χ4n) is 2.17. The second-order valence-corrected chi connectivity index (χ2v) is 3.99. The fourth-order valence-corrected chi connectivity index (χ4v) is 2.17. The van der Waals surface area contributed by atoms with Gasteiger partial charge in [-0.1, -0.05) is 0 Å². The first-order chi connectivity index (χ1) is 6.68. The number of nitrogens with one attached hydrogen (secondary N) is 1. The molecule has 0 saturated heterocycles. The Bertz CT molecular complexity index is 284. The van der Waals surface area contributed by atoms with Gasteiger partial charge in [-0.05, 0) is 26.2 Å². The van der Waals surface area contributed by atoms with Crippen LogP contribution in [-0.4, -0.2) is 28.9 Å². The van der Waals surface area contributed by atoms with Crippen LogP contribution in [0.15, 0.2) is 16.3 Å². The molecule has 78 valence electrons. The molecule has 0 aromatic carbocycles. The highest BCUT2D eigenvalue weighted by Gasteiger charge is 2.30. The monoisotopic (exact) mass is 196 g/mol. The molecule has 2 aliphatic rings. The number of allylic oxidation sites excluding steroid dienone is 1. The number of fused-ring (bicyclic) bond motifs is 1. The van der Waals surface area contributed by atoms with Gasteiger partial charge in [-0.25, -0.2) is 0 Å². The second kappa shape index (κ2) is 3.71. The van der Waals surface area contributed by atoms with Gasteiger partial charge in [0.2, 0.25) is 0 Å². The lowest BCUT2D eigenvalue weighted by molar-refractivity contribution is -0.0154. The summed E-state index contributed by atoms with van der Waals surface area (Å²) in [5.41, 5.74) is 1.57. The third kappa shape index (κ3) is 1.67. The van der Waals surface area contributed by atoms with E-state index < -0.39 is 6.29 Å². The molecule has 0 saturated carbocycles. The van der Waals surface area contributed by atoms with Crippen LogP contribution in [0.1, 0.15) is 26.2 Å². The summed E-state index contributed by atoms with van der Waals surface area (Å²) in [4.78, 5) is 4.36. The van der Waals surface area contributed by atoms with Crippen molar-refractivity contribution in [2.24, 2.45) is 10.9 Å². The molecule has 2 rings (SSSR count). The Kier molecular flexibility index (Phi) is 2.56. The van der Waals surface area contributed by atoms with E-state index in [2.05, 4.69) is 10.3 Å². The lowest BCUT2D eigenvalue weighted by Crippen LogP contribution is -2.41. The highest BCUT2D eigenvalue weighted by Crippen LogP contribution is 2.31. The van der Waals surface area contributed by atoms with E-state index >= 15 is 0 Å². The lowest BCUT2D eigenvalue weighted by Gasteiger charge is -2.35. The van der Waals surface area contributed by atoms with Crippen LogP contribution in [0, 0.1) is 5.92 Å². The molecule has 4 heteroatoms. The quantitative estimate of drug-likeness (QED) is 0.531. The molecule has 4 nitrogen and oxygen atoms in total. The van der Waals surface area contributed by atoms with E-state index in [9.17, 15) is 0 Å². The third-order valence-corrected chi connectivity index (χ3v) is 3.02. The molecule has 2 atom stereocenters. The number of hydrogen-bond donors (Lipinski definition) is 3. The summed E-state index contributed by atoms with van der Waals surface area (Å²) >= 11 is 0. The predicted octanol–water partition coefficient (Wildman–Crippen LogP) is 0.371. The van der Waals surface area contributed by atoms with E-state index in [0.717, 1.165) is 25.0 Å². The largest absolute Gasteiger partial charge is 0.367 e. The molecule has 2 aliphatic heterocycles. The van der Waals surface area contributed by atoms with Crippen LogP contribution in [0.4, 0.5) is 0 Å². The Morgan fingerprint density at radius 1 is 1.57 bits per heavy atom. The van der Waals surface area contributed by atoms with Gasteiger partial charge in [-0.3, -0.25) is 4.99 Å². The van der Waals surface area contributed by atoms with Crippen molar-refractivity contribution in [3.05, 3.63) is 11.3 Å². The van der Waals surface area contributed by atoms with Crippen LogP contribution in [0.25, 0.3) is 0 Å². The maximum atomic E-state index is 9.16. The van der Waals surface area contributed by atoms with Gasteiger partial charge in [0, 0.05) is 23.4 Å². The fraction of sp³-hybridized carbons (Fsp3) is 0.700. The standard InChI is InChI=1S/C10H16N2O2/c1-6-8(10(13)14)5-7-3-2-4-11-9(7)12-6/h4,7,9-10,12-14H,2-3,5H2,1H3. The van der Waals surface area contributed by atoms with E-state index in [-0.39, 0.29) is 6.17 Å². The van der Waals surface area contributed by atoms with Crippen molar-refractivity contribution >= 4 is 6.21 Å². The molecule has 0 radical (unpaired) electrons. The first kappa shape index (κ1) is 9.68. The van der Waals surface area contributed by atoms with Gasteiger partial charge < -0.3 is 15.5 Å². The molecule has 14 heavy (non-hydrogen) atoms. The molecule has 0 spiro atoms. The van der Waals surface area contributed by atoms with Gasteiger partial charge in [-0.15, -0.1) is 0 Å². The summed E-state index contributed by atoms with van der Waals surface area (Å²) in [6.45, 7) is 1.87. The van der Waals surface area contributed by atoms with Gasteiger partial charge in [-0.2, -0.15) is 0 Å². The minimum Gasteiger partial charge on any atom is -0.367 e. The molecule has 0 aliphatic carbocycles. The smallest absolute Gasteiger partial charge is 0.176 e. The zero-order chi connectivity index (χ0) is 10.1. The minimum atomic E-state index is -1.32. The molecule has 0 bridgehead atoms. The topological polar surface area (TPSA) is 64.8 Å². The van der Waals surface area contributed by atoms with Crippen LogP contribution >= 0.6 is 0 Å². The minimum absolute atomic E-state index is 0.145. The molecule has 0 aromatic heterocycles. The Balaban J connectivity index is 2.18. The van der Waals surface area contributed by atoms with Crippen molar-refractivity contribution in [2.75, 3.05) is 0 Å². The molecule has 0 aromatic rings. The van der Waals surface area contributed by atoms with E-state index in [4.69, 9.17) is 10.2 Å². The van der Waals surface area contributed by atoms with E-state index in [1.54, 1.807) is 0 Å². The van der Waals surface area contributed by atoms with Gasteiger partial charge in [0.05, 0.1) is 0 Å². The Morgan fingerprint density at radius 2 is 2.36 bits per heavy atom. The van der Waals surface area contributed by atoms with Gasteiger partial charge in [0.15, 0.2) is 6.29 Å². The SMILES string of the molecule is CC1=C(C(O)O)CC2CCC=NC2N1. The Labute approximate surface area is 83.4 Å². The molecular weight excluding hydrogens is 180 g/mol. The highest BCUT2D eigenvalue weighted by molar-refractivity contribution is 5.58.